The van der Waals surface area contributed by atoms with Gasteiger partial charge in [0.25, 0.3) is 0 Å². The molecule has 0 saturated heterocycles. The molecule has 2 aromatic rings. The summed E-state index contributed by atoms with van der Waals surface area (Å²) >= 11 is 1.12. The molecule has 0 aliphatic heterocycles. The first kappa shape index (κ1) is 17.1. The number of nitrogens with zero attached hydrogens (tertiary/aromatic N) is 1. The van der Waals surface area contributed by atoms with Gasteiger partial charge in [0, 0.05) is 17.0 Å². The number of amides is 1. The van der Waals surface area contributed by atoms with E-state index in [1.807, 2.05) is 0 Å². The highest BCUT2D eigenvalue weighted by Gasteiger charge is 2.54. The maximum absolute atomic E-state index is 13.9. The van der Waals surface area contributed by atoms with Crippen LogP contribution in [-0.2, 0) is 9.59 Å². The summed E-state index contributed by atoms with van der Waals surface area (Å²) in [6.45, 7) is 0. The largest absolute Gasteiger partial charge is 0.481 e. The summed E-state index contributed by atoms with van der Waals surface area (Å²) in [6.07, 6.45) is 2.51. The Morgan fingerprint density at radius 3 is 2.62 bits per heavy atom. The fourth-order valence-electron chi connectivity index (χ4n) is 4.36. The van der Waals surface area contributed by atoms with E-state index in [1.165, 1.54) is 6.07 Å². The van der Waals surface area contributed by atoms with E-state index >= 15 is 0 Å². The molecule has 2 saturated carbocycles. The van der Waals surface area contributed by atoms with Gasteiger partial charge in [-0.2, -0.15) is 0 Å². The average Bonchev–Trinajstić information content (AvgIpc) is 3.29. The Kier molecular flexibility index (Phi) is 4.22. The standard InChI is InChI=1S/C18H16F2N2O3S/c19-10-3-4-11(12(20)6-10)13-7-26-18(21-13)22-16(23)14-8-1-2-9(5-8)15(14)17(24)25/h3-4,6-9,14-15H,1-2,5H2,(H,24,25)(H,21,22,23)/t8-,9+,14-,15+/m1/s1. The fraction of sp³-hybridized carbons (Fsp3) is 0.389. The van der Waals surface area contributed by atoms with Gasteiger partial charge in [-0.15, -0.1) is 11.3 Å². The predicted octanol–water partition coefficient (Wildman–Crippen LogP) is 3.77. The molecule has 0 spiro atoms. The Hall–Kier alpha value is -2.35. The second-order valence-corrected chi connectivity index (χ2v) is 7.73. The van der Waals surface area contributed by atoms with E-state index in [4.69, 9.17) is 0 Å². The third-order valence-corrected chi connectivity index (χ3v) is 6.20. The van der Waals surface area contributed by atoms with E-state index in [0.717, 1.165) is 42.7 Å². The van der Waals surface area contributed by atoms with Gasteiger partial charge in [0.2, 0.25) is 5.91 Å². The number of thiazole rings is 1. The summed E-state index contributed by atoms with van der Waals surface area (Å²) in [7, 11) is 0. The predicted molar refractivity (Wildman–Crippen MR) is 91.5 cm³/mol. The SMILES string of the molecule is O=C(Nc1nc(-c2ccc(F)cc2F)cs1)[C@@H]1[C@@H]2CC[C@@H](C2)[C@@H]1C(=O)O. The van der Waals surface area contributed by atoms with Crippen molar-refractivity contribution in [1.82, 2.24) is 4.98 Å². The molecule has 0 radical (unpaired) electrons. The number of carboxylic acids is 1. The Morgan fingerprint density at radius 2 is 1.92 bits per heavy atom. The highest BCUT2D eigenvalue weighted by atomic mass is 32.1. The van der Waals surface area contributed by atoms with Crippen molar-refractivity contribution in [3.63, 3.8) is 0 Å². The number of benzene rings is 1. The van der Waals surface area contributed by atoms with Crippen LogP contribution in [-0.4, -0.2) is 22.0 Å². The molecule has 4 rings (SSSR count). The van der Waals surface area contributed by atoms with Crippen LogP contribution < -0.4 is 5.32 Å². The first-order valence-corrected chi connectivity index (χ1v) is 9.26. The maximum Gasteiger partial charge on any atom is 0.307 e. The van der Waals surface area contributed by atoms with Crippen molar-refractivity contribution >= 4 is 28.3 Å². The van der Waals surface area contributed by atoms with Gasteiger partial charge in [-0.05, 0) is 43.2 Å². The van der Waals surface area contributed by atoms with Gasteiger partial charge in [0.05, 0.1) is 17.5 Å². The lowest BCUT2D eigenvalue weighted by molar-refractivity contribution is -0.148. The van der Waals surface area contributed by atoms with E-state index in [0.29, 0.717) is 5.69 Å². The molecule has 5 nitrogen and oxygen atoms in total. The molecule has 1 amide bonds. The summed E-state index contributed by atoms with van der Waals surface area (Å²) in [5.41, 5.74) is 0.442. The summed E-state index contributed by atoms with van der Waals surface area (Å²) in [4.78, 5) is 28.4. The van der Waals surface area contributed by atoms with Crippen molar-refractivity contribution in [2.75, 3.05) is 5.32 Å². The monoisotopic (exact) mass is 378 g/mol. The molecule has 1 aromatic carbocycles. The molecular formula is C18H16F2N2O3S. The lowest BCUT2D eigenvalue weighted by Gasteiger charge is -2.26. The fourth-order valence-corrected chi connectivity index (χ4v) is 5.08. The topological polar surface area (TPSA) is 79.3 Å². The highest BCUT2D eigenvalue weighted by Crippen LogP contribution is 2.52. The number of hydrogen-bond donors (Lipinski definition) is 2. The minimum absolute atomic E-state index is 0.0633. The second-order valence-electron chi connectivity index (χ2n) is 6.87. The van der Waals surface area contributed by atoms with Crippen LogP contribution in [0.5, 0.6) is 0 Å². The quantitative estimate of drug-likeness (QED) is 0.849. The van der Waals surface area contributed by atoms with Gasteiger partial charge in [0.1, 0.15) is 11.6 Å². The minimum atomic E-state index is -0.925. The number of carbonyl (C=O) groups excluding carboxylic acids is 1. The highest BCUT2D eigenvalue weighted by molar-refractivity contribution is 7.14. The van der Waals surface area contributed by atoms with E-state index in [2.05, 4.69) is 10.3 Å². The second kappa shape index (κ2) is 6.42. The van der Waals surface area contributed by atoms with Crippen molar-refractivity contribution in [1.29, 1.82) is 0 Å². The van der Waals surface area contributed by atoms with Gasteiger partial charge in [-0.25, -0.2) is 13.8 Å². The van der Waals surface area contributed by atoms with Crippen molar-refractivity contribution in [3.05, 3.63) is 35.2 Å². The van der Waals surface area contributed by atoms with Gasteiger partial charge in [0.15, 0.2) is 5.13 Å². The van der Waals surface area contributed by atoms with Crippen LogP contribution in [0.2, 0.25) is 0 Å². The molecule has 26 heavy (non-hydrogen) atoms. The van der Waals surface area contributed by atoms with Crippen LogP contribution in [0.4, 0.5) is 13.9 Å². The van der Waals surface area contributed by atoms with Crippen molar-refractivity contribution in [3.8, 4) is 11.3 Å². The number of aromatic nitrogens is 1. The molecule has 1 aromatic heterocycles. The van der Waals surface area contributed by atoms with E-state index in [-0.39, 0.29) is 28.4 Å². The molecule has 0 unspecified atom stereocenters. The third kappa shape index (κ3) is 2.88. The minimum Gasteiger partial charge on any atom is -0.481 e. The summed E-state index contributed by atoms with van der Waals surface area (Å²) in [5.74, 6) is -3.72. The number of carboxylic acid groups (broad SMARTS) is 1. The Morgan fingerprint density at radius 1 is 1.19 bits per heavy atom. The average molecular weight is 378 g/mol. The Balaban J connectivity index is 1.52. The van der Waals surface area contributed by atoms with Crippen molar-refractivity contribution in [2.24, 2.45) is 23.7 Å². The maximum atomic E-state index is 13.9. The van der Waals surface area contributed by atoms with Gasteiger partial charge >= 0.3 is 5.97 Å². The van der Waals surface area contributed by atoms with Gasteiger partial charge in [-0.1, -0.05) is 0 Å². The number of fused-ring (bicyclic) bond motifs is 2. The number of aliphatic carboxylic acids is 1. The number of nitrogens with one attached hydrogen (secondary N) is 1. The summed E-state index contributed by atoms with van der Waals surface area (Å²) in [6, 6.07) is 3.21. The zero-order chi connectivity index (χ0) is 18.4. The third-order valence-electron chi connectivity index (χ3n) is 5.45. The molecule has 1 heterocycles. The molecule has 136 valence electrons. The molecule has 2 bridgehead atoms. The van der Waals surface area contributed by atoms with E-state index < -0.39 is 29.4 Å². The van der Waals surface area contributed by atoms with Crippen LogP contribution in [0, 0.1) is 35.3 Å². The summed E-state index contributed by atoms with van der Waals surface area (Å²) < 4.78 is 26.9. The Bertz CT molecular complexity index is 885. The zero-order valence-electron chi connectivity index (χ0n) is 13.6. The van der Waals surface area contributed by atoms with Crippen molar-refractivity contribution < 1.29 is 23.5 Å². The number of hydrogen-bond acceptors (Lipinski definition) is 4. The summed E-state index contributed by atoms with van der Waals surface area (Å²) in [5, 5.41) is 14.0. The molecule has 2 N–H and O–H groups in total. The van der Waals surface area contributed by atoms with Crippen LogP contribution in [0.1, 0.15) is 19.3 Å². The number of anilines is 1. The van der Waals surface area contributed by atoms with Crippen LogP contribution in [0.3, 0.4) is 0 Å². The molecule has 2 aliphatic carbocycles. The van der Waals surface area contributed by atoms with Crippen LogP contribution >= 0.6 is 11.3 Å². The molecule has 2 aliphatic rings. The molecule has 4 atom stereocenters. The van der Waals surface area contributed by atoms with E-state index in [9.17, 15) is 23.5 Å². The van der Waals surface area contributed by atoms with Gasteiger partial charge < -0.3 is 10.4 Å². The lowest BCUT2D eigenvalue weighted by atomic mass is 9.79. The first-order valence-electron chi connectivity index (χ1n) is 8.38. The molecule has 8 heteroatoms. The van der Waals surface area contributed by atoms with E-state index in [1.54, 1.807) is 5.38 Å². The molecular weight excluding hydrogens is 362 g/mol. The normalized spacial score (nSPS) is 26.8. The van der Waals surface area contributed by atoms with Crippen molar-refractivity contribution in [2.45, 2.75) is 19.3 Å². The molecule has 2 fully saturated rings. The lowest BCUT2D eigenvalue weighted by Crippen LogP contribution is -2.37. The number of halogens is 2. The zero-order valence-corrected chi connectivity index (χ0v) is 14.4. The van der Waals surface area contributed by atoms with Gasteiger partial charge in [-0.3, -0.25) is 9.59 Å². The number of carbonyl (C=O) groups is 2. The first-order chi connectivity index (χ1) is 12.4. The van der Waals surface area contributed by atoms with Crippen LogP contribution in [0.25, 0.3) is 11.3 Å². The Labute approximate surface area is 152 Å². The van der Waals surface area contributed by atoms with Crippen LogP contribution in [0.15, 0.2) is 23.6 Å². The smallest absolute Gasteiger partial charge is 0.307 e. The number of rotatable bonds is 4.